The van der Waals surface area contributed by atoms with Gasteiger partial charge in [-0.1, -0.05) is 24.3 Å². The summed E-state index contributed by atoms with van der Waals surface area (Å²) in [5.74, 6) is -0.915. The Balaban J connectivity index is 1.91. The molecule has 0 radical (unpaired) electrons. The number of methoxy groups -OCH3 is 1. The van der Waals surface area contributed by atoms with Crippen molar-refractivity contribution in [3.8, 4) is 0 Å². The molecule has 1 saturated heterocycles. The van der Waals surface area contributed by atoms with Crippen molar-refractivity contribution in [1.29, 1.82) is 0 Å². The fourth-order valence-corrected chi connectivity index (χ4v) is 2.97. The van der Waals surface area contributed by atoms with E-state index in [1.165, 1.54) is 18.9 Å². The standard InChI is InChI=1S/C15H16N2O4/c1-9(14(19)21-2)17-13(18)12-7-10-5-3-4-6-11(10)8-16(12)15(17)20/h3-6,9,12H,7-8H2,1-2H3/t9-,12-/m0/s1. The molecule has 2 atom stereocenters. The normalized spacial score (nSPS) is 21.9. The number of carbonyl (C=O) groups is 3. The maximum atomic E-state index is 12.5. The first-order valence-electron chi connectivity index (χ1n) is 6.83. The molecule has 1 aromatic carbocycles. The van der Waals surface area contributed by atoms with Crippen LogP contribution in [-0.2, 0) is 27.3 Å². The molecule has 1 fully saturated rings. The molecular weight excluding hydrogens is 272 g/mol. The minimum atomic E-state index is -0.899. The molecule has 2 aliphatic rings. The number of fused-ring (bicyclic) bond motifs is 2. The molecule has 21 heavy (non-hydrogen) atoms. The van der Waals surface area contributed by atoms with E-state index in [0.717, 1.165) is 16.0 Å². The van der Waals surface area contributed by atoms with Crippen LogP contribution in [0.2, 0.25) is 0 Å². The van der Waals surface area contributed by atoms with E-state index in [0.29, 0.717) is 13.0 Å². The summed E-state index contributed by atoms with van der Waals surface area (Å²) < 4.78 is 4.63. The van der Waals surface area contributed by atoms with E-state index in [-0.39, 0.29) is 5.91 Å². The van der Waals surface area contributed by atoms with Gasteiger partial charge in [-0.05, 0) is 18.1 Å². The van der Waals surface area contributed by atoms with Crippen LogP contribution in [0, 0.1) is 0 Å². The Labute approximate surface area is 122 Å². The quantitative estimate of drug-likeness (QED) is 0.600. The van der Waals surface area contributed by atoms with Gasteiger partial charge in [0.15, 0.2) is 0 Å². The Morgan fingerprint density at radius 3 is 2.62 bits per heavy atom. The van der Waals surface area contributed by atoms with Gasteiger partial charge in [0.1, 0.15) is 12.1 Å². The van der Waals surface area contributed by atoms with Crippen LogP contribution in [0.25, 0.3) is 0 Å². The molecule has 3 rings (SSSR count). The van der Waals surface area contributed by atoms with E-state index < -0.39 is 24.1 Å². The number of imide groups is 1. The van der Waals surface area contributed by atoms with Crippen LogP contribution in [0.1, 0.15) is 18.1 Å². The first kappa shape index (κ1) is 13.6. The van der Waals surface area contributed by atoms with Gasteiger partial charge in [0.2, 0.25) is 0 Å². The maximum Gasteiger partial charge on any atom is 0.328 e. The molecule has 6 nitrogen and oxygen atoms in total. The van der Waals surface area contributed by atoms with Gasteiger partial charge >= 0.3 is 12.0 Å². The molecule has 0 N–H and O–H groups in total. The molecule has 3 amide bonds. The average molecular weight is 288 g/mol. The van der Waals surface area contributed by atoms with Crippen molar-refractivity contribution in [3.63, 3.8) is 0 Å². The van der Waals surface area contributed by atoms with Crippen LogP contribution < -0.4 is 0 Å². The van der Waals surface area contributed by atoms with E-state index in [1.54, 1.807) is 0 Å². The summed E-state index contributed by atoms with van der Waals surface area (Å²) in [5, 5.41) is 0. The van der Waals surface area contributed by atoms with Gasteiger partial charge in [-0.15, -0.1) is 0 Å². The molecule has 2 aliphatic heterocycles. The Morgan fingerprint density at radius 1 is 1.29 bits per heavy atom. The Kier molecular flexibility index (Phi) is 3.16. The number of amides is 3. The molecule has 2 heterocycles. The molecule has 0 unspecified atom stereocenters. The van der Waals surface area contributed by atoms with Crippen LogP contribution in [0.15, 0.2) is 24.3 Å². The predicted octanol–water partition coefficient (Wildman–Crippen LogP) is 0.937. The topological polar surface area (TPSA) is 66.9 Å². The number of ether oxygens (including phenoxy) is 1. The lowest BCUT2D eigenvalue weighted by Crippen LogP contribution is -2.44. The zero-order valence-electron chi connectivity index (χ0n) is 11.9. The van der Waals surface area contributed by atoms with E-state index in [1.807, 2.05) is 24.3 Å². The van der Waals surface area contributed by atoms with Crippen molar-refractivity contribution < 1.29 is 19.1 Å². The van der Waals surface area contributed by atoms with Crippen LogP contribution >= 0.6 is 0 Å². The fourth-order valence-electron chi connectivity index (χ4n) is 2.97. The van der Waals surface area contributed by atoms with Crippen LogP contribution in [0.3, 0.4) is 0 Å². The summed E-state index contributed by atoms with van der Waals surface area (Å²) in [7, 11) is 1.24. The molecule has 0 aliphatic carbocycles. The lowest BCUT2D eigenvalue weighted by molar-refractivity contribution is -0.149. The number of rotatable bonds is 2. The number of urea groups is 1. The molecule has 1 aromatic rings. The Bertz CT molecular complexity index is 585. The molecule has 0 spiro atoms. The van der Waals surface area contributed by atoms with Crippen molar-refractivity contribution in [2.75, 3.05) is 7.11 Å². The third-order valence-electron chi connectivity index (χ3n) is 4.15. The molecule has 0 saturated carbocycles. The van der Waals surface area contributed by atoms with Crippen molar-refractivity contribution in [2.45, 2.75) is 32.0 Å². The number of hydrogen-bond donors (Lipinski definition) is 0. The summed E-state index contributed by atoms with van der Waals surface area (Å²) >= 11 is 0. The Hall–Kier alpha value is -2.37. The van der Waals surface area contributed by atoms with Gasteiger partial charge in [0.25, 0.3) is 5.91 Å². The highest BCUT2D eigenvalue weighted by molar-refractivity contribution is 6.07. The van der Waals surface area contributed by atoms with Gasteiger partial charge < -0.3 is 9.64 Å². The largest absolute Gasteiger partial charge is 0.467 e. The zero-order chi connectivity index (χ0) is 15.1. The number of carbonyl (C=O) groups excluding carboxylic acids is 3. The fraction of sp³-hybridized carbons (Fsp3) is 0.400. The van der Waals surface area contributed by atoms with Gasteiger partial charge in [-0.2, -0.15) is 0 Å². The van der Waals surface area contributed by atoms with E-state index in [4.69, 9.17) is 0 Å². The minimum Gasteiger partial charge on any atom is -0.467 e. The molecule has 6 heteroatoms. The maximum absolute atomic E-state index is 12.5. The molecule has 0 aromatic heterocycles. The number of esters is 1. The Morgan fingerprint density at radius 2 is 1.95 bits per heavy atom. The average Bonchev–Trinajstić information content (AvgIpc) is 2.75. The summed E-state index contributed by atoms with van der Waals surface area (Å²) in [4.78, 5) is 39.1. The SMILES string of the molecule is COC(=O)[C@H](C)N1C(=O)[C@@H]2Cc3ccccc3CN2C1=O. The first-order valence-corrected chi connectivity index (χ1v) is 6.83. The smallest absolute Gasteiger partial charge is 0.328 e. The van der Waals surface area contributed by atoms with Crippen molar-refractivity contribution >= 4 is 17.9 Å². The highest BCUT2D eigenvalue weighted by atomic mass is 16.5. The first-order chi connectivity index (χ1) is 10.0. The highest BCUT2D eigenvalue weighted by Gasteiger charge is 2.50. The van der Waals surface area contributed by atoms with Gasteiger partial charge in [0, 0.05) is 13.0 Å². The number of hydrogen-bond acceptors (Lipinski definition) is 4. The monoisotopic (exact) mass is 288 g/mol. The van der Waals surface area contributed by atoms with Crippen molar-refractivity contribution in [1.82, 2.24) is 9.80 Å². The second kappa shape index (κ2) is 4.87. The second-order valence-corrected chi connectivity index (χ2v) is 5.31. The lowest BCUT2D eigenvalue weighted by Gasteiger charge is -2.28. The van der Waals surface area contributed by atoms with Gasteiger partial charge in [0.05, 0.1) is 7.11 Å². The third kappa shape index (κ3) is 1.98. The second-order valence-electron chi connectivity index (χ2n) is 5.31. The summed E-state index contributed by atoms with van der Waals surface area (Å²) in [5.41, 5.74) is 2.12. The van der Waals surface area contributed by atoms with Crippen LogP contribution in [0.4, 0.5) is 4.79 Å². The number of benzene rings is 1. The van der Waals surface area contributed by atoms with Crippen molar-refractivity contribution in [2.24, 2.45) is 0 Å². The van der Waals surface area contributed by atoms with E-state index in [9.17, 15) is 14.4 Å². The number of nitrogens with zero attached hydrogens (tertiary/aromatic N) is 2. The summed E-state index contributed by atoms with van der Waals surface area (Å²) in [6.45, 7) is 1.91. The minimum absolute atomic E-state index is 0.326. The lowest BCUT2D eigenvalue weighted by atomic mass is 9.95. The predicted molar refractivity (Wildman–Crippen MR) is 73.2 cm³/mol. The third-order valence-corrected chi connectivity index (χ3v) is 4.15. The highest BCUT2D eigenvalue weighted by Crippen LogP contribution is 2.31. The zero-order valence-corrected chi connectivity index (χ0v) is 11.9. The van der Waals surface area contributed by atoms with E-state index in [2.05, 4.69) is 4.74 Å². The van der Waals surface area contributed by atoms with Crippen molar-refractivity contribution in [3.05, 3.63) is 35.4 Å². The van der Waals surface area contributed by atoms with Gasteiger partial charge in [-0.25, -0.2) is 14.5 Å². The summed E-state index contributed by atoms with van der Waals surface area (Å²) in [6, 6.07) is 5.92. The van der Waals surface area contributed by atoms with E-state index >= 15 is 0 Å². The van der Waals surface area contributed by atoms with Crippen LogP contribution in [0.5, 0.6) is 0 Å². The van der Waals surface area contributed by atoms with Crippen LogP contribution in [-0.4, -0.2) is 46.9 Å². The molecule has 0 bridgehead atoms. The molecule has 110 valence electrons. The molecular formula is C15H16N2O4. The summed E-state index contributed by atoms with van der Waals surface area (Å²) in [6.07, 6.45) is 0.491. The van der Waals surface area contributed by atoms with Gasteiger partial charge in [-0.3, -0.25) is 4.79 Å².